The minimum Gasteiger partial charge on any atom is -0.394 e. The van der Waals surface area contributed by atoms with Gasteiger partial charge in [0, 0.05) is 18.8 Å². The van der Waals surface area contributed by atoms with Crippen LogP contribution in [-0.4, -0.2) is 60.7 Å². The Kier molecular flexibility index (Phi) is 6.18. The van der Waals surface area contributed by atoms with E-state index in [4.69, 9.17) is 0 Å². The summed E-state index contributed by atoms with van der Waals surface area (Å²) < 4.78 is 24.0. The van der Waals surface area contributed by atoms with Crippen molar-refractivity contribution in [2.75, 3.05) is 19.4 Å². The van der Waals surface area contributed by atoms with Crippen LogP contribution in [0, 0.1) is 5.92 Å². The first-order valence-electron chi connectivity index (χ1n) is 9.07. The SMILES string of the molecule is CC(C)CC1(CO)CCCN1C(=O)N[C@@H]1CCCC[C@H]1S(C)(=O)=O. The molecule has 1 heterocycles. The number of amides is 2. The molecule has 140 valence electrons. The average Bonchev–Trinajstić information content (AvgIpc) is 2.90. The molecule has 2 N–H and O–H groups in total. The Morgan fingerprint density at radius 1 is 1.29 bits per heavy atom. The number of hydrogen-bond donors (Lipinski definition) is 2. The number of hydrogen-bond acceptors (Lipinski definition) is 4. The van der Waals surface area contributed by atoms with E-state index in [-0.39, 0.29) is 18.7 Å². The van der Waals surface area contributed by atoms with Crippen LogP contribution in [0.2, 0.25) is 0 Å². The van der Waals surface area contributed by atoms with Gasteiger partial charge >= 0.3 is 6.03 Å². The van der Waals surface area contributed by atoms with E-state index in [1.54, 1.807) is 4.90 Å². The molecule has 6 nitrogen and oxygen atoms in total. The molecular formula is C17H32N2O4S. The molecule has 1 unspecified atom stereocenters. The van der Waals surface area contributed by atoms with Crippen molar-refractivity contribution in [1.29, 1.82) is 0 Å². The zero-order valence-electron chi connectivity index (χ0n) is 15.1. The highest BCUT2D eigenvalue weighted by Crippen LogP contribution is 2.35. The van der Waals surface area contributed by atoms with Crippen LogP contribution in [0.5, 0.6) is 0 Å². The standard InChI is InChI=1S/C17H32N2O4S/c1-13(2)11-17(12-20)9-6-10-19(17)16(21)18-14-7-4-5-8-15(14)24(3,22)23/h13-15,20H,4-12H2,1-3H3,(H,18,21)/t14-,15-,17?/m1/s1. The molecule has 24 heavy (non-hydrogen) atoms. The van der Waals surface area contributed by atoms with Crippen LogP contribution in [0.4, 0.5) is 4.79 Å². The quantitative estimate of drug-likeness (QED) is 0.784. The highest BCUT2D eigenvalue weighted by molar-refractivity contribution is 7.91. The Morgan fingerprint density at radius 2 is 1.96 bits per heavy atom. The summed E-state index contributed by atoms with van der Waals surface area (Å²) in [6.07, 6.45) is 6.84. The van der Waals surface area contributed by atoms with Crippen LogP contribution in [-0.2, 0) is 9.84 Å². The molecule has 0 aromatic heterocycles. The smallest absolute Gasteiger partial charge is 0.318 e. The summed E-state index contributed by atoms with van der Waals surface area (Å²) in [4.78, 5) is 14.6. The summed E-state index contributed by atoms with van der Waals surface area (Å²) in [6, 6.07) is -0.542. The Labute approximate surface area is 145 Å². The van der Waals surface area contributed by atoms with Gasteiger partial charge in [0.15, 0.2) is 9.84 Å². The van der Waals surface area contributed by atoms with Gasteiger partial charge in [0.1, 0.15) is 0 Å². The number of rotatable bonds is 5. The Hall–Kier alpha value is -0.820. The molecule has 2 aliphatic rings. The van der Waals surface area contributed by atoms with Crippen molar-refractivity contribution in [2.24, 2.45) is 5.92 Å². The summed E-state index contributed by atoms with van der Waals surface area (Å²) >= 11 is 0. The van der Waals surface area contributed by atoms with Gasteiger partial charge in [-0.15, -0.1) is 0 Å². The molecular weight excluding hydrogens is 328 g/mol. The van der Waals surface area contributed by atoms with Crippen LogP contribution in [0.15, 0.2) is 0 Å². The monoisotopic (exact) mass is 360 g/mol. The number of aliphatic hydroxyl groups is 1. The van der Waals surface area contributed by atoms with Gasteiger partial charge < -0.3 is 15.3 Å². The van der Waals surface area contributed by atoms with Gasteiger partial charge in [0.25, 0.3) is 0 Å². The fourth-order valence-electron chi connectivity index (χ4n) is 4.47. The maximum Gasteiger partial charge on any atom is 0.318 e. The molecule has 7 heteroatoms. The van der Waals surface area contributed by atoms with Crippen molar-refractivity contribution in [3.8, 4) is 0 Å². The van der Waals surface area contributed by atoms with Crippen LogP contribution >= 0.6 is 0 Å². The zero-order chi connectivity index (χ0) is 18.0. The first-order chi connectivity index (χ1) is 11.2. The van der Waals surface area contributed by atoms with Gasteiger partial charge in [-0.1, -0.05) is 26.7 Å². The maximum atomic E-state index is 12.9. The fraction of sp³-hybridized carbons (Fsp3) is 0.941. The summed E-state index contributed by atoms with van der Waals surface area (Å²) in [5, 5.41) is 12.4. The van der Waals surface area contributed by atoms with Crippen molar-refractivity contribution >= 4 is 15.9 Å². The normalized spacial score (nSPS) is 31.5. The topological polar surface area (TPSA) is 86.7 Å². The van der Waals surface area contributed by atoms with Crippen LogP contribution in [0.1, 0.15) is 58.8 Å². The largest absolute Gasteiger partial charge is 0.394 e. The van der Waals surface area contributed by atoms with E-state index < -0.39 is 20.6 Å². The lowest BCUT2D eigenvalue weighted by atomic mass is 9.87. The predicted molar refractivity (Wildman–Crippen MR) is 94.6 cm³/mol. The average molecular weight is 361 g/mol. The van der Waals surface area contributed by atoms with E-state index in [1.165, 1.54) is 6.26 Å². The third-order valence-electron chi connectivity index (χ3n) is 5.49. The molecule has 1 aliphatic heterocycles. The number of carbonyl (C=O) groups excluding carboxylic acids is 1. The highest BCUT2D eigenvalue weighted by atomic mass is 32.2. The summed E-state index contributed by atoms with van der Waals surface area (Å²) in [5.74, 6) is 0.379. The highest BCUT2D eigenvalue weighted by Gasteiger charge is 2.44. The molecule has 2 rings (SSSR count). The lowest BCUT2D eigenvalue weighted by molar-refractivity contribution is 0.0660. The lowest BCUT2D eigenvalue weighted by Crippen LogP contribution is -2.58. The molecule has 0 spiro atoms. The number of sulfone groups is 1. The summed E-state index contributed by atoms with van der Waals surface area (Å²) in [5.41, 5.74) is -0.506. The molecule has 1 saturated heterocycles. The van der Waals surface area contributed by atoms with Gasteiger partial charge in [-0.05, 0) is 38.0 Å². The van der Waals surface area contributed by atoms with E-state index in [1.807, 2.05) is 0 Å². The first-order valence-corrected chi connectivity index (χ1v) is 11.0. The van der Waals surface area contributed by atoms with E-state index in [2.05, 4.69) is 19.2 Å². The second-order valence-electron chi connectivity index (χ2n) is 7.94. The number of aliphatic hydroxyl groups excluding tert-OH is 1. The fourth-order valence-corrected chi connectivity index (χ4v) is 5.86. The zero-order valence-corrected chi connectivity index (χ0v) is 15.9. The Morgan fingerprint density at radius 3 is 2.54 bits per heavy atom. The summed E-state index contributed by atoms with van der Waals surface area (Å²) in [7, 11) is -3.18. The minimum atomic E-state index is -3.18. The second kappa shape index (κ2) is 7.60. The number of urea groups is 1. The molecule has 2 fully saturated rings. The predicted octanol–water partition coefficient (Wildman–Crippen LogP) is 1.92. The molecule has 0 aromatic rings. The van der Waals surface area contributed by atoms with Crippen LogP contribution in [0.3, 0.4) is 0 Å². The molecule has 1 saturated carbocycles. The molecule has 0 radical (unpaired) electrons. The van der Waals surface area contributed by atoms with Gasteiger partial charge in [-0.3, -0.25) is 0 Å². The second-order valence-corrected chi connectivity index (χ2v) is 10.2. The van der Waals surface area contributed by atoms with Crippen LogP contribution in [0.25, 0.3) is 0 Å². The first kappa shape index (κ1) is 19.5. The maximum absolute atomic E-state index is 12.9. The van der Waals surface area contributed by atoms with Gasteiger partial charge in [0.2, 0.25) is 0 Å². The van der Waals surface area contributed by atoms with Crippen molar-refractivity contribution in [1.82, 2.24) is 10.2 Å². The molecule has 0 aromatic carbocycles. The van der Waals surface area contributed by atoms with E-state index in [0.29, 0.717) is 25.3 Å². The van der Waals surface area contributed by atoms with E-state index >= 15 is 0 Å². The van der Waals surface area contributed by atoms with Crippen molar-refractivity contribution in [2.45, 2.75) is 75.6 Å². The van der Waals surface area contributed by atoms with E-state index in [9.17, 15) is 18.3 Å². The van der Waals surface area contributed by atoms with Crippen molar-refractivity contribution < 1.29 is 18.3 Å². The number of nitrogens with zero attached hydrogens (tertiary/aromatic N) is 1. The molecule has 2 amide bonds. The van der Waals surface area contributed by atoms with Gasteiger partial charge in [0.05, 0.1) is 17.4 Å². The van der Waals surface area contributed by atoms with Crippen molar-refractivity contribution in [3.63, 3.8) is 0 Å². The number of likely N-dealkylation sites (tertiary alicyclic amines) is 1. The molecule has 0 bridgehead atoms. The van der Waals surface area contributed by atoms with Gasteiger partial charge in [-0.2, -0.15) is 0 Å². The minimum absolute atomic E-state index is 0.0429. The van der Waals surface area contributed by atoms with Gasteiger partial charge in [-0.25, -0.2) is 13.2 Å². The third kappa shape index (κ3) is 4.23. The molecule has 3 atom stereocenters. The summed E-state index contributed by atoms with van der Waals surface area (Å²) in [6.45, 7) is 4.76. The molecule has 1 aliphatic carbocycles. The van der Waals surface area contributed by atoms with E-state index in [0.717, 1.165) is 32.1 Å². The third-order valence-corrected chi connectivity index (χ3v) is 7.15. The number of carbonyl (C=O) groups is 1. The van der Waals surface area contributed by atoms with Crippen molar-refractivity contribution in [3.05, 3.63) is 0 Å². The Balaban J connectivity index is 2.12. The Bertz CT molecular complexity index is 549. The lowest BCUT2D eigenvalue weighted by Gasteiger charge is -2.40. The van der Waals surface area contributed by atoms with Crippen LogP contribution < -0.4 is 5.32 Å². The number of nitrogens with one attached hydrogen (secondary N) is 1.